The van der Waals surface area contributed by atoms with Crippen LogP contribution in [0, 0.1) is 13.8 Å². The number of aryl methyl sites for hydroxylation is 1. The van der Waals surface area contributed by atoms with E-state index in [2.05, 4.69) is 53.7 Å². The second kappa shape index (κ2) is 8.23. The number of hydrogen-bond acceptors (Lipinski definition) is 3. The summed E-state index contributed by atoms with van der Waals surface area (Å²) in [5.41, 5.74) is 5.56. The first-order valence-corrected chi connectivity index (χ1v) is 10.7. The van der Waals surface area contributed by atoms with Gasteiger partial charge in [0.2, 0.25) is 5.91 Å². The fraction of sp³-hybridized carbons (Fsp3) is 0.304. The summed E-state index contributed by atoms with van der Waals surface area (Å²) in [7, 11) is 0. The van der Waals surface area contributed by atoms with Gasteiger partial charge in [-0.2, -0.15) is 5.10 Å². The van der Waals surface area contributed by atoms with E-state index < -0.39 is 0 Å². The molecular weight excluding hydrogens is 366 g/mol. The SMILES string of the molecule is Cc1nn(-c2ccccc2)c(C)c1CCC(=O)N[C@H]1CCSc2ccccc21. The van der Waals surface area contributed by atoms with Gasteiger partial charge >= 0.3 is 0 Å². The van der Waals surface area contributed by atoms with Crippen LogP contribution in [0.2, 0.25) is 0 Å². The Bertz CT molecular complexity index is 981. The zero-order chi connectivity index (χ0) is 19.5. The molecule has 144 valence electrons. The summed E-state index contributed by atoms with van der Waals surface area (Å²) in [6, 6.07) is 18.6. The van der Waals surface area contributed by atoms with Crippen LogP contribution in [0.3, 0.4) is 0 Å². The van der Waals surface area contributed by atoms with Crippen molar-refractivity contribution in [2.24, 2.45) is 0 Å². The van der Waals surface area contributed by atoms with Crippen molar-refractivity contribution < 1.29 is 4.79 Å². The molecule has 1 aliphatic heterocycles. The second-order valence-corrected chi connectivity index (χ2v) is 8.33. The van der Waals surface area contributed by atoms with Crippen LogP contribution >= 0.6 is 11.8 Å². The molecule has 0 radical (unpaired) electrons. The van der Waals surface area contributed by atoms with E-state index in [-0.39, 0.29) is 11.9 Å². The quantitative estimate of drug-likeness (QED) is 0.681. The summed E-state index contributed by atoms with van der Waals surface area (Å²) in [4.78, 5) is 13.9. The number of carbonyl (C=O) groups is 1. The van der Waals surface area contributed by atoms with Gasteiger partial charge < -0.3 is 5.32 Å². The van der Waals surface area contributed by atoms with E-state index in [0.29, 0.717) is 12.8 Å². The van der Waals surface area contributed by atoms with Gasteiger partial charge in [-0.05, 0) is 56.0 Å². The van der Waals surface area contributed by atoms with Gasteiger partial charge in [-0.15, -0.1) is 11.8 Å². The third-order valence-electron chi connectivity index (χ3n) is 5.34. The lowest BCUT2D eigenvalue weighted by Gasteiger charge is -2.25. The fourth-order valence-corrected chi connectivity index (χ4v) is 4.98. The molecule has 4 nitrogen and oxygen atoms in total. The van der Waals surface area contributed by atoms with Gasteiger partial charge in [0.05, 0.1) is 17.4 Å². The molecule has 1 amide bonds. The molecule has 28 heavy (non-hydrogen) atoms. The van der Waals surface area contributed by atoms with E-state index in [1.165, 1.54) is 16.0 Å². The predicted molar refractivity (Wildman–Crippen MR) is 114 cm³/mol. The molecule has 0 bridgehead atoms. The minimum Gasteiger partial charge on any atom is -0.349 e. The van der Waals surface area contributed by atoms with Gasteiger partial charge in [-0.25, -0.2) is 4.68 Å². The number of nitrogens with one attached hydrogen (secondary N) is 1. The Morgan fingerprint density at radius 3 is 2.71 bits per heavy atom. The number of carbonyl (C=O) groups excluding carboxylic acids is 1. The number of rotatable bonds is 5. The maximum absolute atomic E-state index is 12.6. The van der Waals surface area contributed by atoms with Gasteiger partial charge in [-0.3, -0.25) is 4.79 Å². The predicted octanol–water partition coefficient (Wildman–Crippen LogP) is 4.78. The average Bonchev–Trinajstić information content (AvgIpc) is 3.01. The molecule has 3 aromatic rings. The maximum atomic E-state index is 12.6. The van der Waals surface area contributed by atoms with Crippen molar-refractivity contribution in [2.75, 3.05) is 5.75 Å². The van der Waals surface area contributed by atoms with Crippen molar-refractivity contribution in [3.63, 3.8) is 0 Å². The smallest absolute Gasteiger partial charge is 0.220 e. The van der Waals surface area contributed by atoms with E-state index in [1.807, 2.05) is 41.6 Å². The summed E-state index contributed by atoms with van der Waals surface area (Å²) in [6.07, 6.45) is 2.17. The number of aromatic nitrogens is 2. The number of nitrogens with zero attached hydrogens (tertiary/aromatic N) is 2. The molecule has 5 heteroatoms. The molecule has 1 N–H and O–H groups in total. The molecule has 0 spiro atoms. The third-order valence-corrected chi connectivity index (χ3v) is 6.46. The molecule has 2 heterocycles. The van der Waals surface area contributed by atoms with Crippen molar-refractivity contribution in [3.8, 4) is 5.69 Å². The first-order chi connectivity index (χ1) is 13.6. The Balaban J connectivity index is 1.43. The zero-order valence-electron chi connectivity index (χ0n) is 16.3. The van der Waals surface area contributed by atoms with Crippen LogP contribution in [0.25, 0.3) is 5.69 Å². The average molecular weight is 392 g/mol. The lowest BCUT2D eigenvalue weighted by molar-refractivity contribution is -0.121. The molecule has 1 aliphatic rings. The van der Waals surface area contributed by atoms with E-state index in [0.717, 1.165) is 29.2 Å². The highest BCUT2D eigenvalue weighted by molar-refractivity contribution is 7.99. The van der Waals surface area contributed by atoms with Gasteiger partial charge in [-0.1, -0.05) is 36.4 Å². The largest absolute Gasteiger partial charge is 0.349 e. The van der Waals surface area contributed by atoms with Gasteiger partial charge in [0.15, 0.2) is 0 Å². The number of thioether (sulfide) groups is 1. The normalized spacial score (nSPS) is 15.9. The Morgan fingerprint density at radius 1 is 1.14 bits per heavy atom. The highest BCUT2D eigenvalue weighted by Gasteiger charge is 2.22. The fourth-order valence-electron chi connectivity index (χ4n) is 3.85. The van der Waals surface area contributed by atoms with Crippen LogP contribution in [0.4, 0.5) is 0 Å². The van der Waals surface area contributed by atoms with Gasteiger partial charge in [0.25, 0.3) is 0 Å². The minimum atomic E-state index is 0.109. The van der Waals surface area contributed by atoms with Gasteiger partial charge in [0.1, 0.15) is 0 Å². The van der Waals surface area contributed by atoms with Crippen molar-refractivity contribution in [3.05, 3.63) is 77.1 Å². The summed E-state index contributed by atoms with van der Waals surface area (Å²) in [5.74, 6) is 1.15. The third kappa shape index (κ3) is 3.85. The van der Waals surface area contributed by atoms with E-state index in [1.54, 1.807) is 0 Å². The van der Waals surface area contributed by atoms with Crippen molar-refractivity contribution in [2.45, 2.75) is 44.0 Å². The maximum Gasteiger partial charge on any atom is 0.220 e. The highest BCUT2D eigenvalue weighted by Crippen LogP contribution is 2.35. The Hall–Kier alpha value is -2.53. The number of benzene rings is 2. The van der Waals surface area contributed by atoms with Crippen LogP contribution in [0.5, 0.6) is 0 Å². The van der Waals surface area contributed by atoms with E-state index in [4.69, 9.17) is 0 Å². The number of fused-ring (bicyclic) bond motifs is 1. The molecular formula is C23H25N3OS. The summed E-state index contributed by atoms with van der Waals surface area (Å²) in [6.45, 7) is 4.10. The second-order valence-electron chi connectivity index (χ2n) is 7.19. The molecule has 4 rings (SSSR count). The lowest BCUT2D eigenvalue weighted by Crippen LogP contribution is -2.30. The molecule has 0 saturated heterocycles. The molecule has 1 aromatic heterocycles. The molecule has 0 aliphatic carbocycles. The van der Waals surface area contributed by atoms with Crippen LogP contribution in [-0.4, -0.2) is 21.4 Å². The molecule has 0 fully saturated rings. The van der Waals surface area contributed by atoms with E-state index in [9.17, 15) is 4.79 Å². The monoisotopic (exact) mass is 391 g/mol. The Kier molecular flexibility index (Phi) is 5.53. The van der Waals surface area contributed by atoms with Crippen LogP contribution < -0.4 is 5.32 Å². The molecule has 0 unspecified atom stereocenters. The number of para-hydroxylation sites is 1. The number of hydrogen-bond donors (Lipinski definition) is 1. The van der Waals surface area contributed by atoms with Crippen LogP contribution in [0.1, 0.15) is 41.4 Å². The molecule has 2 aromatic carbocycles. The lowest BCUT2D eigenvalue weighted by atomic mass is 10.0. The first-order valence-electron chi connectivity index (χ1n) is 9.75. The van der Waals surface area contributed by atoms with Crippen LogP contribution in [0.15, 0.2) is 59.5 Å². The standard InChI is InChI=1S/C23H25N3OS/c1-16-19(17(2)26(25-16)18-8-4-3-5-9-18)12-13-23(27)24-21-14-15-28-22-11-7-6-10-20(21)22/h3-11,21H,12-15H2,1-2H3,(H,24,27)/t21-/m0/s1. The Morgan fingerprint density at radius 2 is 1.89 bits per heavy atom. The first kappa shape index (κ1) is 18.8. The minimum absolute atomic E-state index is 0.109. The molecule has 0 saturated carbocycles. The topological polar surface area (TPSA) is 46.9 Å². The summed E-state index contributed by atoms with van der Waals surface area (Å²) >= 11 is 1.87. The van der Waals surface area contributed by atoms with Crippen molar-refractivity contribution in [1.29, 1.82) is 0 Å². The zero-order valence-corrected chi connectivity index (χ0v) is 17.1. The van der Waals surface area contributed by atoms with Crippen molar-refractivity contribution in [1.82, 2.24) is 15.1 Å². The summed E-state index contributed by atoms with van der Waals surface area (Å²) < 4.78 is 1.97. The molecule has 1 atom stereocenters. The van der Waals surface area contributed by atoms with E-state index >= 15 is 0 Å². The van der Waals surface area contributed by atoms with Crippen LogP contribution in [-0.2, 0) is 11.2 Å². The number of amides is 1. The van der Waals surface area contributed by atoms with Crippen molar-refractivity contribution >= 4 is 17.7 Å². The summed E-state index contributed by atoms with van der Waals surface area (Å²) in [5, 5.41) is 7.93. The Labute approximate surface area is 170 Å². The van der Waals surface area contributed by atoms with Gasteiger partial charge in [0, 0.05) is 22.8 Å². The highest BCUT2D eigenvalue weighted by atomic mass is 32.2.